The minimum atomic E-state index is -0.557. The third-order valence-corrected chi connectivity index (χ3v) is 7.96. The van der Waals surface area contributed by atoms with E-state index in [1.54, 1.807) is 4.90 Å². The van der Waals surface area contributed by atoms with Crippen molar-refractivity contribution in [3.8, 4) is 0 Å². The smallest absolute Gasteiger partial charge is 0.255 e. The van der Waals surface area contributed by atoms with Gasteiger partial charge in [0.05, 0.1) is 0 Å². The van der Waals surface area contributed by atoms with Gasteiger partial charge in [0.1, 0.15) is 6.04 Å². The van der Waals surface area contributed by atoms with E-state index in [2.05, 4.69) is 22.0 Å². The molecule has 6 unspecified atom stereocenters. The topological polar surface area (TPSA) is 90.5 Å². The number of nitrogens with zero attached hydrogens (tertiary/aromatic N) is 1. The van der Waals surface area contributed by atoms with E-state index in [0.29, 0.717) is 30.6 Å². The van der Waals surface area contributed by atoms with Crippen LogP contribution in [0.5, 0.6) is 0 Å². The highest BCUT2D eigenvalue weighted by molar-refractivity contribution is 6.05. The molecular formula is C22H26N4O3. The van der Waals surface area contributed by atoms with Crippen molar-refractivity contribution in [3.05, 3.63) is 34.9 Å². The first kappa shape index (κ1) is 17.6. The average Bonchev–Trinajstić information content (AvgIpc) is 3.41. The van der Waals surface area contributed by atoms with Gasteiger partial charge in [-0.05, 0) is 60.8 Å². The molecular weight excluding hydrogens is 368 g/mol. The highest BCUT2D eigenvalue weighted by atomic mass is 16.2. The molecule has 4 fully saturated rings. The standard InChI is InChI=1S/C22H26N4O3/c27-18-5-4-17(21(28)25-18)26-10-16-11(2-1-3-14(16)22(26)29)8-23-19-12-6-13-9-24-20(19)15(13)7-12/h1-3,12-13,15,17,19-20,23-24H,4-10H2,(H,25,27,28). The van der Waals surface area contributed by atoms with Crippen LogP contribution in [0.1, 0.15) is 47.2 Å². The Hall–Kier alpha value is -2.25. The highest BCUT2D eigenvalue weighted by Gasteiger charge is 2.55. The van der Waals surface area contributed by atoms with Gasteiger partial charge in [0.25, 0.3) is 5.91 Å². The Morgan fingerprint density at radius 1 is 1.14 bits per heavy atom. The zero-order chi connectivity index (χ0) is 19.7. The number of hydrogen-bond acceptors (Lipinski definition) is 5. The average molecular weight is 394 g/mol. The maximum atomic E-state index is 13.0. The summed E-state index contributed by atoms with van der Waals surface area (Å²) in [6.45, 7) is 2.36. The Kier molecular flexibility index (Phi) is 3.87. The molecule has 2 saturated carbocycles. The van der Waals surface area contributed by atoms with Crippen LogP contribution < -0.4 is 16.0 Å². The van der Waals surface area contributed by atoms with Crippen LogP contribution in [-0.2, 0) is 22.7 Å². The summed E-state index contributed by atoms with van der Waals surface area (Å²) in [5, 5.41) is 9.88. The molecule has 0 radical (unpaired) electrons. The zero-order valence-electron chi connectivity index (χ0n) is 16.3. The normalized spacial score (nSPS) is 37.4. The quantitative estimate of drug-likeness (QED) is 0.649. The fourth-order valence-electron chi connectivity index (χ4n) is 6.63. The van der Waals surface area contributed by atoms with E-state index in [9.17, 15) is 14.4 Å². The van der Waals surface area contributed by atoms with Gasteiger partial charge in [-0.3, -0.25) is 19.7 Å². The first-order chi connectivity index (χ1) is 14.1. The van der Waals surface area contributed by atoms with Crippen LogP contribution in [0.15, 0.2) is 18.2 Å². The maximum Gasteiger partial charge on any atom is 0.255 e. The van der Waals surface area contributed by atoms with Gasteiger partial charge in [-0.15, -0.1) is 0 Å². The number of fused-ring (bicyclic) bond motifs is 2. The molecule has 7 heteroatoms. The van der Waals surface area contributed by atoms with Gasteiger partial charge >= 0.3 is 0 Å². The van der Waals surface area contributed by atoms with E-state index in [1.807, 2.05) is 12.1 Å². The lowest BCUT2D eigenvalue weighted by Crippen LogP contribution is -2.52. The van der Waals surface area contributed by atoms with Crippen molar-refractivity contribution in [2.75, 3.05) is 6.54 Å². The third-order valence-electron chi connectivity index (χ3n) is 7.96. The largest absolute Gasteiger partial charge is 0.322 e. The maximum absolute atomic E-state index is 13.0. The molecule has 2 aliphatic carbocycles. The van der Waals surface area contributed by atoms with Gasteiger partial charge in [-0.2, -0.15) is 0 Å². The Bertz CT molecular complexity index is 913. The van der Waals surface area contributed by atoms with E-state index in [1.165, 1.54) is 19.4 Å². The molecule has 0 aromatic heterocycles. The number of carbonyl (C=O) groups is 3. The van der Waals surface area contributed by atoms with Gasteiger partial charge in [-0.1, -0.05) is 12.1 Å². The lowest BCUT2D eigenvalue weighted by atomic mass is 9.86. The van der Waals surface area contributed by atoms with Crippen LogP contribution in [0.25, 0.3) is 0 Å². The molecule has 0 spiro atoms. The van der Waals surface area contributed by atoms with Crippen molar-refractivity contribution >= 4 is 17.7 Å². The number of amides is 3. The molecule has 1 aromatic rings. The molecule has 3 amide bonds. The van der Waals surface area contributed by atoms with Gasteiger partial charge in [0.2, 0.25) is 11.8 Å². The van der Waals surface area contributed by atoms with E-state index in [0.717, 1.165) is 35.4 Å². The van der Waals surface area contributed by atoms with Crippen molar-refractivity contribution in [1.29, 1.82) is 0 Å². The fourth-order valence-corrected chi connectivity index (χ4v) is 6.63. The summed E-state index contributed by atoms with van der Waals surface area (Å²) in [4.78, 5) is 38.3. The van der Waals surface area contributed by atoms with Crippen LogP contribution in [0, 0.1) is 17.8 Å². The molecule has 7 nitrogen and oxygen atoms in total. The molecule has 2 bridgehead atoms. The van der Waals surface area contributed by atoms with Crippen molar-refractivity contribution in [1.82, 2.24) is 20.9 Å². The van der Waals surface area contributed by atoms with Gasteiger partial charge < -0.3 is 15.5 Å². The monoisotopic (exact) mass is 394 g/mol. The lowest BCUT2D eigenvalue weighted by molar-refractivity contribution is -0.136. The molecule has 29 heavy (non-hydrogen) atoms. The third kappa shape index (κ3) is 2.60. The number of piperidine rings is 1. The molecule has 2 saturated heterocycles. The fraction of sp³-hybridized carbons (Fsp3) is 0.591. The molecule has 6 atom stereocenters. The summed E-state index contributed by atoms with van der Waals surface area (Å²) in [6, 6.07) is 6.43. The Morgan fingerprint density at radius 3 is 2.90 bits per heavy atom. The van der Waals surface area contributed by atoms with Gasteiger partial charge in [-0.25, -0.2) is 0 Å². The van der Waals surface area contributed by atoms with Crippen LogP contribution in [0.3, 0.4) is 0 Å². The Balaban J connectivity index is 1.19. The van der Waals surface area contributed by atoms with Crippen LogP contribution >= 0.6 is 0 Å². The zero-order valence-corrected chi connectivity index (χ0v) is 16.3. The van der Waals surface area contributed by atoms with Gasteiger partial charge in [0.15, 0.2) is 0 Å². The molecule has 1 aromatic carbocycles. The number of carbonyl (C=O) groups excluding carboxylic acids is 3. The van der Waals surface area contributed by atoms with Crippen molar-refractivity contribution in [2.24, 2.45) is 17.8 Å². The second-order valence-electron chi connectivity index (χ2n) is 9.34. The first-order valence-corrected chi connectivity index (χ1v) is 10.8. The lowest BCUT2D eigenvalue weighted by Gasteiger charge is -2.30. The molecule has 6 rings (SSSR count). The molecule has 152 valence electrons. The van der Waals surface area contributed by atoms with Crippen molar-refractivity contribution in [3.63, 3.8) is 0 Å². The number of nitrogens with one attached hydrogen (secondary N) is 3. The molecule has 3 heterocycles. The van der Waals surface area contributed by atoms with Gasteiger partial charge in [0, 0.05) is 37.2 Å². The highest BCUT2D eigenvalue weighted by Crippen LogP contribution is 2.51. The first-order valence-electron chi connectivity index (χ1n) is 10.8. The summed E-state index contributed by atoms with van der Waals surface area (Å²) in [6.07, 6.45) is 3.36. The minimum absolute atomic E-state index is 0.100. The predicted molar refractivity (Wildman–Crippen MR) is 105 cm³/mol. The van der Waals surface area contributed by atoms with E-state index in [4.69, 9.17) is 0 Å². The predicted octanol–water partition coefficient (Wildman–Crippen LogP) is 0.534. The van der Waals surface area contributed by atoms with Crippen LogP contribution in [-0.4, -0.2) is 47.3 Å². The summed E-state index contributed by atoms with van der Waals surface area (Å²) in [5.41, 5.74) is 2.86. The molecule has 3 aliphatic heterocycles. The van der Waals surface area contributed by atoms with Crippen molar-refractivity contribution < 1.29 is 14.4 Å². The van der Waals surface area contributed by atoms with Crippen molar-refractivity contribution in [2.45, 2.75) is 56.9 Å². The van der Waals surface area contributed by atoms with Crippen LogP contribution in [0.2, 0.25) is 0 Å². The second-order valence-corrected chi connectivity index (χ2v) is 9.34. The summed E-state index contributed by atoms with van der Waals surface area (Å²) in [7, 11) is 0. The summed E-state index contributed by atoms with van der Waals surface area (Å²) < 4.78 is 0. The second kappa shape index (κ2) is 6.37. The Labute approximate surface area is 169 Å². The van der Waals surface area contributed by atoms with Crippen LogP contribution in [0.4, 0.5) is 0 Å². The van der Waals surface area contributed by atoms with E-state index in [-0.39, 0.29) is 24.1 Å². The Morgan fingerprint density at radius 2 is 2.03 bits per heavy atom. The number of imide groups is 1. The minimum Gasteiger partial charge on any atom is -0.322 e. The summed E-state index contributed by atoms with van der Waals surface area (Å²) >= 11 is 0. The number of rotatable bonds is 4. The number of hydrogen-bond donors (Lipinski definition) is 3. The number of benzene rings is 1. The molecule has 3 N–H and O–H groups in total. The molecule has 5 aliphatic rings. The SMILES string of the molecule is O=C1CCC(N2Cc3c(CNC4C5CC6CNC4C6C5)cccc3C2=O)C(=O)N1. The van der Waals surface area contributed by atoms with E-state index < -0.39 is 6.04 Å². The summed E-state index contributed by atoms with van der Waals surface area (Å²) in [5.74, 6) is 1.77. The van der Waals surface area contributed by atoms with E-state index >= 15 is 0 Å².